The van der Waals surface area contributed by atoms with Crippen LogP contribution in [0.3, 0.4) is 0 Å². The van der Waals surface area contributed by atoms with Gasteiger partial charge in [-0.25, -0.2) is 0 Å². The van der Waals surface area contributed by atoms with Crippen LogP contribution in [-0.2, 0) is 11.3 Å². The molecule has 0 amide bonds. The van der Waals surface area contributed by atoms with Crippen molar-refractivity contribution in [3.8, 4) is 0 Å². The maximum absolute atomic E-state index is 6.00. The Balaban J connectivity index is 1.82. The smallest absolute Gasteiger partial charge is 0.0721 e. The Morgan fingerprint density at radius 2 is 2.00 bits per heavy atom. The maximum Gasteiger partial charge on any atom is 0.0721 e. The molecule has 1 fully saturated rings. The number of ether oxygens (including phenoxy) is 1. The van der Waals surface area contributed by atoms with E-state index < -0.39 is 0 Å². The molecule has 0 aliphatic carbocycles. The summed E-state index contributed by atoms with van der Waals surface area (Å²) in [6.45, 7) is 6.39. The number of nitrogens with zero attached hydrogens (tertiary/aromatic N) is 1. The summed E-state index contributed by atoms with van der Waals surface area (Å²) in [6, 6.07) is 11.1. The summed E-state index contributed by atoms with van der Waals surface area (Å²) in [4.78, 5) is 2.43. The van der Waals surface area contributed by atoms with Crippen molar-refractivity contribution < 1.29 is 4.74 Å². The summed E-state index contributed by atoms with van der Waals surface area (Å²) in [5.74, 6) is 0.713. The number of rotatable bonds is 4. The highest BCUT2D eigenvalue weighted by Gasteiger charge is 2.31. The molecule has 2 nitrogen and oxygen atoms in total. The molecule has 0 N–H and O–H groups in total. The van der Waals surface area contributed by atoms with Gasteiger partial charge in [-0.1, -0.05) is 44.2 Å². The highest BCUT2D eigenvalue weighted by Crippen LogP contribution is 2.24. The Hall–Kier alpha value is -0.860. The maximum atomic E-state index is 6.00. The van der Waals surface area contributed by atoms with Gasteiger partial charge in [0.1, 0.15) is 0 Å². The van der Waals surface area contributed by atoms with E-state index in [-0.39, 0.29) is 0 Å². The monoisotopic (exact) mass is 233 g/mol. The van der Waals surface area contributed by atoms with Crippen LogP contribution in [0.4, 0.5) is 0 Å². The van der Waals surface area contributed by atoms with Crippen LogP contribution in [0, 0.1) is 5.92 Å². The molecule has 17 heavy (non-hydrogen) atoms. The molecular weight excluding hydrogens is 210 g/mol. The van der Waals surface area contributed by atoms with Gasteiger partial charge in [0, 0.05) is 12.6 Å². The Bertz CT molecular complexity index is 336. The number of benzene rings is 1. The third-order valence-electron chi connectivity index (χ3n) is 3.66. The largest absolute Gasteiger partial charge is 0.372 e. The summed E-state index contributed by atoms with van der Waals surface area (Å²) >= 11 is 0. The number of hydrogen-bond acceptors (Lipinski definition) is 2. The lowest BCUT2D eigenvalue weighted by Crippen LogP contribution is -2.29. The van der Waals surface area contributed by atoms with Gasteiger partial charge in [-0.05, 0) is 24.9 Å². The number of likely N-dealkylation sites (N-methyl/N-ethyl adjacent to an activating group) is 1. The first-order valence-electron chi connectivity index (χ1n) is 6.52. The van der Waals surface area contributed by atoms with E-state index in [2.05, 4.69) is 50.1 Å². The van der Waals surface area contributed by atoms with Crippen molar-refractivity contribution >= 4 is 0 Å². The molecule has 2 heteroatoms. The molecule has 94 valence electrons. The van der Waals surface area contributed by atoms with Crippen LogP contribution in [0.25, 0.3) is 0 Å². The molecule has 1 aromatic carbocycles. The van der Waals surface area contributed by atoms with Crippen LogP contribution in [0.1, 0.15) is 25.8 Å². The lowest BCUT2D eigenvalue weighted by atomic mass is 10.0. The highest BCUT2D eigenvalue weighted by molar-refractivity contribution is 5.13. The molecule has 0 bridgehead atoms. The Morgan fingerprint density at radius 1 is 1.29 bits per heavy atom. The summed E-state index contributed by atoms with van der Waals surface area (Å²) in [7, 11) is 2.20. The first-order valence-corrected chi connectivity index (χ1v) is 6.52. The van der Waals surface area contributed by atoms with Gasteiger partial charge in [0.05, 0.1) is 12.7 Å². The van der Waals surface area contributed by atoms with Gasteiger partial charge in [0.25, 0.3) is 0 Å². The minimum atomic E-state index is 0.396. The third-order valence-corrected chi connectivity index (χ3v) is 3.66. The van der Waals surface area contributed by atoms with Gasteiger partial charge in [-0.2, -0.15) is 0 Å². The van der Waals surface area contributed by atoms with Gasteiger partial charge in [0.2, 0.25) is 0 Å². The second-order valence-electron chi connectivity index (χ2n) is 5.41. The molecule has 2 unspecified atom stereocenters. The fourth-order valence-electron chi connectivity index (χ4n) is 2.67. The van der Waals surface area contributed by atoms with Gasteiger partial charge in [0.15, 0.2) is 0 Å². The Labute approximate surface area is 105 Å². The van der Waals surface area contributed by atoms with Crippen molar-refractivity contribution in [1.82, 2.24) is 4.90 Å². The summed E-state index contributed by atoms with van der Waals surface area (Å²) in [5.41, 5.74) is 1.27. The van der Waals surface area contributed by atoms with Crippen LogP contribution in [0.2, 0.25) is 0 Å². The standard InChI is InChI=1S/C15H23NO/c1-12(2)15-9-14(10-16(15)3)17-11-13-7-5-4-6-8-13/h4-8,12,14-15H,9-11H2,1-3H3. The minimum absolute atomic E-state index is 0.396. The average Bonchev–Trinajstić information content (AvgIpc) is 2.69. The van der Waals surface area contributed by atoms with Gasteiger partial charge >= 0.3 is 0 Å². The van der Waals surface area contributed by atoms with E-state index in [0.717, 1.165) is 13.2 Å². The molecule has 2 rings (SSSR count). The second-order valence-corrected chi connectivity index (χ2v) is 5.41. The zero-order chi connectivity index (χ0) is 12.3. The molecule has 1 aliphatic heterocycles. The molecule has 0 saturated carbocycles. The Kier molecular flexibility index (Phi) is 4.19. The summed E-state index contributed by atoms with van der Waals surface area (Å²) in [5, 5.41) is 0. The average molecular weight is 233 g/mol. The van der Waals surface area contributed by atoms with Crippen LogP contribution in [0.5, 0.6) is 0 Å². The second kappa shape index (κ2) is 5.65. The van der Waals surface area contributed by atoms with E-state index in [4.69, 9.17) is 4.74 Å². The predicted octanol–water partition coefficient (Wildman–Crippen LogP) is 2.93. The van der Waals surface area contributed by atoms with E-state index >= 15 is 0 Å². The highest BCUT2D eigenvalue weighted by atomic mass is 16.5. The molecule has 0 spiro atoms. The zero-order valence-electron chi connectivity index (χ0n) is 11.1. The predicted molar refractivity (Wildman–Crippen MR) is 70.9 cm³/mol. The van der Waals surface area contributed by atoms with E-state index in [1.54, 1.807) is 0 Å². The third kappa shape index (κ3) is 3.30. The molecule has 0 aromatic heterocycles. The van der Waals surface area contributed by atoms with Gasteiger partial charge in [-0.15, -0.1) is 0 Å². The van der Waals surface area contributed by atoms with E-state index in [0.29, 0.717) is 18.1 Å². The molecule has 1 aromatic rings. The normalized spacial score (nSPS) is 25.6. The zero-order valence-corrected chi connectivity index (χ0v) is 11.1. The lowest BCUT2D eigenvalue weighted by Gasteiger charge is -2.22. The fraction of sp³-hybridized carbons (Fsp3) is 0.600. The van der Waals surface area contributed by atoms with Crippen LogP contribution >= 0.6 is 0 Å². The van der Waals surface area contributed by atoms with E-state index in [1.807, 2.05) is 6.07 Å². The van der Waals surface area contributed by atoms with Gasteiger partial charge in [-0.3, -0.25) is 0 Å². The molecule has 1 saturated heterocycles. The molecule has 0 radical (unpaired) electrons. The van der Waals surface area contributed by atoms with Crippen molar-refractivity contribution in [2.24, 2.45) is 5.92 Å². The first kappa shape index (κ1) is 12.6. The van der Waals surface area contributed by atoms with Crippen molar-refractivity contribution in [2.75, 3.05) is 13.6 Å². The van der Waals surface area contributed by atoms with Crippen molar-refractivity contribution in [1.29, 1.82) is 0 Å². The van der Waals surface area contributed by atoms with Crippen molar-refractivity contribution in [3.05, 3.63) is 35.9 Å². The van der Waals surface area contributed by atoms with Crippen LogP contribution in [0.15, 0.2) is 30.3 Å². The van der Waals surface area contributed by atoms with Crippen molar-refractivity contribution in [3.63, 3.8) is 0 Å². The quantitative estimate of drug-likeness (QED) is 0.793. The fourth-order valence-corrected chi connectivity index (χ4v) is 2.67. The molecule has 2 atom stereocenters. The summed E-state index contributed by atoms with van der Waals surface area (Å²) in [6.07, 6.45) is 1.56. The topological polar surface area (TPSA) is 12.5 Å². The first-order chi connectivity index (χ1) is 8.16. The minimum Gasteiger partial charge on any atom is -0.372 e. The number of likely N-dealkylation sites (tertiary alicyclic amines) is 1. The van der Waals surface area contributed by atoms with Crippen molar-refractivity contribution in [2.45, 2.75) is 39.0 Å². The molecule has 1 heterocycles. The van der Waals surface area contributed by atoms with E-state index in [9.17, 15) is 0 Å². The number of hydrogen-bond donors (Lipinski definition) is 0. The van der Waals surface area contributed by atoms with E-state index in [1.165, 1.54) is 12.0 Å². The SMILES string of the molecule is CC(C)C1CC(OCc2ccccc2)CN1C. The van der Waals surface area contributed by atoms with Gasteiger partial charge < -0.3 is 9.64 Å². The van der Waals surface area contributed by atoms with Crippen LogP contribution < -0.4 is 0 Å². The Morgan fingerprint density at radius 3 is 2.59 bits per heavy atom. The lowest BCUT2D eigenvalue weighted by molar-refractivity contribution is 0.0479. The molecular formula is C15H23NO. The summed E-state index contributed by atoms with van der Waals surface area (Å²) < 4.78 is 6.00. The van der Waals surface area contributed by atoms with Crippen LogP contribution in [-0.4, -0.2) is 30.6 Å². The molecule has 1 aliphatic rings.